The van der Waals surface area contributed by atoms with Crippen LogP contribution in [0.5, 0.6) is 0 Å². The minimum absolute atomic E-state index is 0.0251. The lowest BCUT2D eigenvalue weighted by atomic mass is 9.90. The van der Waals surface area contributed by atoms with E-state index in [0.717, 1.165) is 37.9 Å². The third-order valence-corrected chi connectivity index (χ3v) is 7.59. The number of amides is 1. The summed E-state index contributed by atoms with van der Waals surface area (Å²) in [5, 5.41) is 18.0. The van der Waals surface area contributed by atoms with Gasteiger partial charge in [0.15, 0.2) is 5.65 Å². The molecule has 0 radical (unpaired) electrons. The van der Waals surface area contributed by atoms with Gasteiger partial charge in [0.25, 0.3) is 0 Å². The third-order valence-electron chi connectivity index (χ3n) is 7.59. The molecule has 12 heteroatoms. The summed E-state index contributed by atoms with van der Waals surface area (Å²) in [6, 6.07) is 5.24. The van der Waals surface area contributed by atoms with Gasteiger partial charge in [-0.1, -0.05) is 6.07 Å². The normalized spacial score (nSPS) is 23.1. The molecule has 2 aliphatic heterocycles. The number of hydrogen-bond donors (Lipinski definition) is 2. The van der Waals surface area contributed by atoms with Crippen molar-refractivity contribution in [1.82, 2.24) is 24.6 Å². The van der Waals surface area contributed by atoms with Gasteiger partial charge >= 0.3 is 6.18 Å². The van der Waals surface area contributed by atoms with Crippen LogP contribution in [0.2, 0.25) is 0 Å². The highest BCUT2D eigenvalue weighted by Gasteiger charge is 2.33. The number of aliphatic hydroxyl groups is 1. The second-order valence-electron chi connectivity index (χ2n) is 10.1. The number of rotatable bonds is 5. The van der Waals surface area contributed by atoms with Crippen molar-refractivity contribution in [3.05, 3.63) is 36.0 Å². The number of benzene rings is 1. The van der Waals surface area contributed by atoms with Gasteiger partial charge in [0, 0.05) is 38.1 Å². The van der Waals surface area contributed by atoms with Crippen LogP contribution in [0.3, 0.4) is 0 Å². The lowest BCUT2D eigenvalue weighted by molar-refractivity contribution is -0.137. The first kappa shape index (κ1) is 24.0. The molecule has 1 aliphatic carbocycles. The molecule has 0 spiro atoms. The molecule has 2 aromatic heterocycles. The van der Waals surface area contributed by atoms with Crippen LogP contribution in [0.25, 0.3) is 16.7 Å². The van der Waals surface area contributed by atoms with Crippen LogP contribution in [-0.4, -0.2) is 73.5 Å². The Hall–Kier alpha value is -3.41. The van der Waals surface area contributed by atoms with Crippen LogP contribution in [0.1, 0.15) is 44.1 Å². The molecule has 1 amide bonds. The molecule has 196 valence electrons. The smallest absolute Gasteiger partial charge is 0.393 e. The predicted molar refractivity (Wildman–Crippen MR) is 130 cm³/mol. The van der Waals surface area contributed by atoms with Crippen molar-refractivity contribution in [2.75, 3.05) is 29.9 Å². The maximum atomic E-state index is 13.4. The minimum Gasteiger partial charge on any atom is -0.393 e. The van der Waals surface area contributed by atoms with E-state index in [1.54, 1.807) is 12.3 Å². The molecule has 1 saturated carbocycles. The Morgan fingerprint density at radius 3 is 2.54 bits per heavy atom. The molecule has 1 aromatic carbocycles. The largest absolute Gasteiger partial charge is 0.416 e. The SMILES string of the molecule is O=C1CCCN1C1CCN(c2nc(NC3CC(O)C3)nc3c2cnn3-c2cccc(C(F)(F)F)c2)CC1. The fourth-order valence-corrected chi connectivity index (χ4v) is 5.53. The highest BCUT2D eigenvalue weighted by atomic mass is 19.4. The van der Waals surface area contributed by atoms with E-state index in [0.29, 0.717) is 55.2 Å². The fourth-order valence-electron chi connectivity index (χ4n) is 5.53. The van der Waals surface area contributed by atoms with Crippen molar-refractivity contribution in [1.29, 1.82) is 0 Å². The Bertz CT molecular complexity index is 1310. The Labute approximate surface area is 211 Å². The van der Waals surface area contributed by atoms with Crippen LogP contribution in [-0.2, 0) is 11.0 Å². The molecule has 0 bridgehead atoms. The van der Waals surface area contributed by atoms with Gasteiger partial charge in [-0.2, -0.15) is 28.2 Å². The number of carbonyl (C=O) groups excluding carboxylic acids is 1. The van der Waals surface area contributed by atoms with Crippen LogP contribution >= 0.6 is 0 Å². The van der Waals surface area contributed by atoms with E-state index >= 15 is 0 Å². The standard InChI is InChI=1S/C25H28F3N7O2/c26-25(27,28)15-3-1-4-18(11-15)35-23-20(14-29-35)22(31-24(32-23)30-16-12-19(36)13-16)33-9-6-17(7-10-33)34-8-2-5-21(34)37/h1,3-4,11,14,16-17,19,36H,2,5-10,12-13H2,(H,30,31,32). The van der Waals surface area contributed by atoms with Crippen LogP contribution in [0, 0.1) is 0 Å². The van der Waals surface area contributed by atoms with Gasteiger partial charge in [0.05, 0.1) is 28.9 Å². The highest BCUT2D eigenvalue weighted by molar-refractivity contribution is 5.89. The van der Waals surface area contributed by atoms with E-state index in [4.69, 9.17) is 4.98 Å². The van der Waals surface area contributed by atoms with E-state index in [1.165, 1.54) is 10.7 Å². The Morgan fingerprint density at radius 2 is 1.86 bits per heavy atom. The topological polar surface area (TPSA) is 99.4 Å². The summed E-state index contributed by atoms with van der Waals surface area (Å²) >= 11 is 0. The van der Waals surface area contributed by atoms with E-state index in [2.05, 4.69) is 20.3 Å². The average Bonchev–Trinajstić information content (AvgIpc) is 3.48. The monoisotopic (exact) mass is 515 g/mol. The maximum absolute atomic E-state index is 13.4. The summed E-state index contributed by atoms with van der Waals surface area (Å²) in [7, 11) is 0. The van der Waals surface area contributed by atoms with Crippen molar-refractivity contribution in [3.8, 4) is 5.69 Å². The number of carbonyl (C=O) groups is 1. The number of piperidine rings is 1. The first-order valence-corrected chi connectivity index (χ1v) is 12.7. The van der Waals surface area contributed by atoms with Crippen molar-refractivity contribution in [2.24, 2.45) is 0 Å². The minimum atomic E-state index is -4.47. The summed E-state index contributed by atoms with van der Waals surface area (Å²) in [5.41, 5.74) is -0.0995. The molecule has 2 saturated heterocycles. The van der Waals surface area contributed by atoms with Gasteiger partial charge in [-0.15, -0.1) is 0 Å². The van der Waals surface area contributed by atoms with Crippen LogP contribution in [0.4, 0.5) is 24.9 Å². The number of aromatic nitrogens is 4. The number of likely N-dealkylation sites (tertiary alicyclic amines) is 1. The zero-order valence-electron chi connectivity index (χ0n) is 20.2. The molecule has 0 atom stereocenters. The quantitative estimate of drug-likeness (QED) is 0.538. The number of aliphatic hydroxyl groups excluding tert-OH is 1. The van der Waals surface area contributed by atoms with E-state index in [-0.39, 0.29) is 29.8 Å². The average molecular weight is 516 g/mol. The Balaban J connectivity index is 1.34. The Morgan fingerprint density at radius 1 is 1.08 bits per heavy atom. The number of anilines is 2. The van der Waals surface area contributed by atoms with E-state index in [9.17, 15) is 23.1 Å². The van der Waals surface area contributed by atoms with Crippen molar-refractivity contribution in [3.63, 3.8) is 0 Å². The van der Waals surface area contributed by atoms with Gasteiger partial charge < -0.3 is 20.2 Å². The van der Waals surface area contributed by atoms with Crippen molar-refractivity contribution in [2.45, 2.75) is 62.9 Å². The number of nitrogens with zero attached hydrogens (tertiary/aromatic N) is 6. The molecule has 2 N–H and O–H groups in total. The van der Waals surface area contributed by atoms with E-state index < -0.39 is 11.7 Å². The lowest BCUT2D eigenvalue weighted by Crippen LogP contribution is -2.45. The summed E-state index contributed by atoms with van der Waals surface area (Å²) in [6.45, 7) is 2.19. The highest BCUT2D eigenvalue weighted by Crippen LogP contribution is 2.34. The van der Waals surface area contributed by atoms with Gasteiger partial charge in [0.1, 0.15) is 5.82 Å². The molecule has 3 fully saturated rings. The number of nitrogens with one attached hydrogen (secondary N) is 1. The number of alkyl halides is 3. The summed E-state index contributed by atoms with van der Waals surface area (Å²) in [5.74, 6) is 1.24. The zero-order valence-corrected chi connectivity index (χ0v) is 20.2. The van der Waals surface area contributed by atoms with Gasteiger partial charge in [-0.25, -0.2) is 4.68 Å². The summed E-state index contributed by atoms with van der Waals surface area (Å²) in [4.78, 5) is 25.8. The van der Waals surface area contributed by atoms with Gasteiger partial charge in [-0.05, 0) is 50.3 Å². The second kappa shape index (κ2) is 9.16. The molecular weight excluding hydrogens is 487 g/mol. The molecule has 37 heavy (non-hydrogen) atoms. The number of hydrogen-bond acceptors (Lipinski definition) is 7. The predicted octanol–water partition coefficient (Wildman–Crippen LogP) is 3.36. The summed E-state index contributed by atoms with van der Waals surface area (Å²) < 4.78 is 41.5. The first-order valence-electron chi connectivity index (χ1n) is 12.7. The number of fused-ring (bicyclic) bond motifs is 1. The van der Waals surface area contributed by atoms with Crippen molar-refractivity contribution >= 4 is 28.7 Å². The van der Waals surface area contributed by atoms with Gasteiger partial charge in [-0.3, -0.25) is 4.79 Å². The lowest BCUT2D eigenvalue weighted by Gasteiger charge is -2.37. The first-order chi connectivity index (χ1) is 17.8. The summed E-state index contributed by atoms with van der Waals surface area (Å²) in [6.07, 6.45) is 1.09. The Kier molecular flexibility index (Phi) is 5.93. The molecule has 3 aromatic rings. The zero-order chi connectivity index (χ0) is 25.7. The molecule has 0 unspecified atom stereocenters. The van der Waals surface area contributed by atoms with Crippen molar-refractivity contribution < 1.29 is 23.1 Å². The molecule has 4 heterocycles. The van der Waals surface area contributed by atoms with E-state index in [1.807, 2.05) is 4.90 Å². The maximum Gasteiger partial charge on any atom is 0.416 e. The molecule has 9 nitrogen and oxygen atoms in total. The second-order valence-corrected chi connectivity index (χ2v) is 10.1. The molecule has 6 rings (SSSR count). The van der Waals surface area contributed by atoms with Crippen LogP contribution < -0.4 is 10.2 Å². The van der Waals surface area contributed by atoms with Crippen LogP contribution in [0.15, 0.2) is 30.5 Å². The molecule has 3 aliphatic rings. The third kappa shape index (κ3) is 4.58. The fraction of sp³-hybridized carbons (Fsp3) is 0.520. The number of halogens is 3. The van der Waals surface area contributed by atoms with Gasteiger partial charge in [0.2, 0.25) is 11.9 Å². The molecular formula is C25H28F3N7O2.